The molecule has 1 aromatic heterocycles. The molecule has 1 N–H and O–H groups in total. The van der Waals surface area contributed by atoms with Crippen LogP contribution in [0.3, 0.4) is 0 Å². The van der Waals surface area contributed by atoms with Gasteiger partial charge in [0.05, 0.1) is 12.1 Å². The van der Waals surface area contributed by atoms with E-state index in [0.29, 0.717) is 47.5 Å². The molecule has 0 radical (unpaired) electrons. The van der Waals surface area contributed by atoms with Gasteiger partial charge in [0, 0.05) is 25.5 Å². The maximum atomic E-state index is 13.0. The third-order valence-electron chi connectivity index (χ3n) is 4.96. The molecule has 1 aliphatic heterocycles. The molecule has 32 heavy (non-hydrogen) atoms. The Morgan fingerprint density at radius 2 is 1.91 bits per heavy atom. The molecule has 3 aromatic rings. The highest BCUT2D eigenvalue weighted by molar-refractivity contribution is 5.75. The normalized spacial score (nSPS) is 13.1. The van der Waals surface area contributed by atoms with Crippen LogP contribution in [-0.2, 0) is 23.9 Å². The summed E-state index contributed by atoms with van der Waals surface area (Å²) in [7, 11) is 1.55. The minimum atomic E-state index is -4.42. The van der Waals surface area contributed by atoms with E-state index in [9.17, 15) is 18.0 Å². The standard InChI is InChI=1S/C22H21F3N4O3/c1-26-20(30)7-8-29-21(15-5-6-17-18(13-15)32-10-9-31-17)27-19(28-29)12-14-3-2-4-16(11-14)22(23,24)25/h2-6,11,13H,7-10,12H2,1H3,(H,26,30). The van der Waals surface area contributed by atoms with E-state index in [1.54, 1.807) is 29.9 Å². The monoisotopic (exact) mass is 446 g/mol. The smallest absolute Gasteiger partial charge is 0.416 e. The number of ether oxygens (including phenoxy) is 2. The summed E-state index contributed by atoms with van der Waals surface area (Å²) in [5.41, 5.74) is 0.423. The largest absolute Gasteiger partial charge is 0.486 e. The second-order valence-corrected chi connectivity index (χ2v) is 7.23. The fourth-order valence-electron chi connectivity index (χ4n) is 3.39. The van der Waals surface area contributed by atoms with Gasteiger partial charge in [0.1, 0.15) is 13.2 Å². The molecule has 1 aliphatic rings. The Bertz CT molecular complexity index is 1130. The van der Waals surface area contributed by atoms with Crippen molar-refractivity contribution in [3.8, 4) is 22.9 Å². The molecule has 0 aliphatic carbocycles. The zero-order valence-corrected chi connectivity index (χ0v) is 17.3. The number of aryl methyl sites for hydroxylation is 1. The number of amides is 1. The number of nitrogens with zero attached hydrogens (tertiary/aromatic N) is 3. The number of fused-ring (bicyclic) bond motifs is 1. The second kappa shape index (κ2) is 8.89. The molecular formula is C22H21F3N4O3. The van der Waals surface area contributed by atoms with Gasteiger partial charge in [0.15, 0.2) is 23.1 Å². The first-order valence-electron chi connectivity index (χ1n) is 10.0. The average molecular weight is 446 g/mol. The molecule has 168 valence electrons. The number of rotatable bonds is 6. The van der Waals surface area contributed by atoms with E-state index >= 15 is 0 Å². The van der Waals surface area contributed by atoms with Gasteiger partial charge >= 0.3 is 6.18 Å². The van der Waals surface area contributed by atoms with Crippen molar-refractivity contribution in [2.24, 2.45) is 0 Å². The molecule has 2 heterocycles. The SMILES string of the molecule is CNC(=O)CCn1nc(Cc2cccc(C(F)(F)F)c2)nc1-c1ccc2c(c1)OCCO2. The quantitative estimate of drug-likeness (QED) is 0.628. The van der Waals surface area contributed by atoms with Crippen molar-refractivity contribution < 1.29 is 27.4 Å². The van der Waals surface area contributed by atoms with Crippen molar-refractivity contribution >= 4 is 5.91 Å². The summed E-state index contributed by atoms with van der Waals surface area (Å²) in [5, 5.41) is 7.02. The predicted octanol–water partition coefficient (Wildman–Crippen LogP) is 3.46. The van der Waals surface area contributed by atoms with Crippen LogP contribution < -0.4 is 14.8 Å². The molecule has 7 nitrogen and oxygen atoms in total. The summed E-state index contributed by atoms with van der Waals surface area (Å²) in [5.74, 6) is 1.89. The summed E-state index contributed by atoms with van der Waals surface area (Å²) in [6.45, 7) is 1.16. The van der Waals surface area contributed by atoms with E-state index < -0.39 is 11.7 Å². The third kappa shape index (κ3) is 4.84. The Labute approximate surface area is 182 Å². The number of hydrogen-bond donors (Lipinski definition) is 1. The van der Waals surface area contributed by atoms with Gasteiger partial charge in [0.25, 0.3) is 0 Å². The Hall–Kier alpha value is -3.56. The fourth-order valence-corrected chi connectivity index (χ4v) is 3.39. The molecule has 0 saturated carbocycles. The van der Waals surface area contributed by atoms with Crippen molar-refractivity contribution in [2.45, 2.75) is 25.6 Å². The van der Waals surface area contributed by atoms with Gasteiger partial charge in [-0.15, -0.1) is 0 Å². The summed E-state index contributed by atoms with van der Waals surface area (Å²) in [6.07, 6.45) is -4.12. The zero-order valence-electron chi connectivity index (χ0n) is 17.3. The second-order valence-electron chi connectivity index (χ2n) is 7.23. The highest BCUT2D eigenvalue weighted by Gasteiger charge is 2.30. The lowest BCUT2D eigenvalue weighted by molar-refractivity contribution is -0.137. The van der Waals surface area contributed by atoms with Crippen LogP contribution in [-0.4, -0.2) is 40.9 Å². The minimum absolute atomic E-state index is 0.119. The first-order valence-corrected chi connectivity index (χ1v) is 10.0. The first kappa shape index (κ1) is 21.7. The Kier molecular flexibility index (Phi) is 6.02. The Morgan fingerprint density at radius 3 is 2.66 bits per heavy atom. The third-order valence-corrected chi connectivity index (χ3v) is 4.96. The van der Waals surface area contributed by atoms with Gasteiger partial charge < -0.3 is 14.8 Å². The van der Waals surface area contributed by atoms with Crippen molar-refractivity contribution in [1.29, 1.82) is 0 Å². The molecule has 0 atom stereocenters. The summed E-state index contributed by atoms with van der Waals surface area (Å²) in [6, 6.07) is 10.4. The maximum absolute atomic E-state index is 13.0. The van der Waals surface area contributed by atoms with Gasteiger partial charge in [-0.3, -0.25) is 4.79 Å². The number of carbonyl (C=O) groups excluding carboxylic acids is 1. The van der Waals surface area contributed by atoms with Crippen molar-refractivity contribution in [1.82, 2.24) is 20.1 Å². The molecule has 10 heteroatoms. The van der Waals surface area contributed by atoms with Crippen LogP contribution in [0.25, 0.3) is 11.4 Å². The van der Waals surface area contributed by atoms with Gasteiger partial charge in [-0.1, -0.05) is 18.2 Å². The van der Waals surface area contributed by atoms with E-state index in [1.807, 2.05) is 6.07 Å². The molecule has 0 spiro atoms. The molecule has 0 fully saturated rings. The van der Waals surface area contributed by atoms with Crippen LogP contribution in [0.5, 0.6) is 11.5 Å². The number of benzene rings is 2. The summed E-state index contributed by atoms with van der Waals surface area (Å²) >= 11 is 0. The van der Waals surface area contributed by atoms with Crippen LogP contribution in [0, 0.1) is 0 Å². The molecular weight excluding hydrogens is 425 g/mol. The van der Waals surface area contributed by atoms with Crippen LogP contribution >= 0.6 is 0 Å². The van der Waals surface area contributed by atoms with E-state index in [2.05, 4.69) is 15.4 Å². The number of hydrogen-bond acceptors (Lipinski definition) is 5. The average Bonchev–Trinajstić information content (AvgIpc) is 3.19. The lowest BCUT2D eigenvalue weighted by atomic mass is 10.1. The number of halogens is 3. The van der Waals surface area contributed by atoms with Gasteiger partial charge in [-0.2, -0.15) is 18.3 Å². The van der Waals surface area contributed by atoms with Crippen LogP contribution in [0.1, 0.15) is 23.4 Å². The molecule has 4 rings (SSSR count). The first-order chi connectivity index (χ1) is 15.3. The predicted molar refractivity (Wildman–Crippen MR) is 109 cm³/mol. The molecule has 2 aromatic carbocycles. The lowest BCUT2D eigenvalue weighted by Gasteiger charge is -2.18. The van der Waals surface area contributed by atoms with Gasteiger partial charge in [0.2, 0.25) is 5.91 Å². The van der Waals surface area contributed by atoms with Gasteiger partial charge in [-0.05, 0) is 29.8 Å². The highest BCUT2D eigenvalue weighted by Crippen LogP contribution is 2.34. The number of aromatic nitrogens is 3. The lowest BCUT2D eigenvalue weighted by Crippen LogP contribution is -2.20. The number of alkyl halides is 3. The van der Waals surface area contributed by atoms with Gasteiger partial charge in [-0.25, -0.2) is 9.67 Å². The van der Waals surface area contributed by atoms with Crippen molar-refractivity contribution in [3.05, 3.63) is 59.4 Å². The van der Waals surface area contributed by atoms with E-state index in [0.717, 1.165) is 12.1 Å². The highest BCUT2D eigenvalue weighted by atomic mass is 19.4. The fraction of sp³-hybridized carbons (Fsp3) is 0.318. The zero-order chi connectivity index (χ0) is 22.7. The number of carbonyl (C=O) groups is 1. The Balaban J connectivity index is 1.66. The molecule has 0 bridgehead atoms. The van der Waals surface area contributed by atoms with Crippen molar-refractivity contribution in [3.63, 3.8) is 0 Å². The maximum Gasteiger partial charge on any atom is 0.416 e. The Morgan fingerprint density at radius 1 is 1.12 bits per heavy atom. The molecule has 0 unspecified atom stereocenters. The molecule has 0 saturated heterocycles. The minimum Gasteiger partial charge on any atom is -0.486 e. The van der Waals surface area contributed by atoms with Crippen LogP contribution in [0.4, 0.5) is 13.2 Å². The van der Waals surface area contributed by atoms with Crippen molar-refractivity contribution in [2.75, 3.05) is 20.3 Å². The van der Waals surface area contributed by atoms with Crippen LogP contribution in [0.15, 0.2) is 42.5 Å². The van der Waals surface area contributed by atoms with E-state index in [4.69, 9.17) is 9.47 Å². The van der Waals surface area contributed by atoms with E-state index in [-0.39, 0.29) is 25.3 Å². The summed E-state index contributed by atoms with van der Waals surface area (Å²) < 4.78 is 51.9. The molecule has 1 amide bonds. The number of nitrogens with one attached hydrogen (secondary N) is 1. The van der Waals surface area contributed by atoms with E-state index in [1.165, 1.54) is 6.07 Å². The van der Waals surface area contributed by atoms with Crippen LogP contribution in [0.2, 0.25) is 0 Å². The topological polar surface area (TPSA) is 78.3 Å². The summed E-state index contributed by atoms with van der Waals surface area (Å²) in [4.78, 5) is 16.3.